The van der Waals surface area contributed by atoms with Crippen molar-refractivity contribution in [3.8, 4) is 5.75 Å². The van der Waals surface area contributed by atoms with Crippen molar-refractivity contribution >= 4 is 22.5 Å². The summed E-state index contributed by atoms with van der Waals surface area (Å²) in [6.07, 6.45) is 3.34. The van der Waals surface area contributed by atoms with E-state index in [0.29, 0.717) is 5.92 Å². The fourth-order valence-electron chi connectivity index (χ4n) is 3.68. The van der Waals surface area contributed by atoms with E-state index in [1.165, 1.54) is 28.5 Å². The quantitative estimate of drug-likeness (QED) is 0.737. The van der Waals surface area contributed by atoms with Crippen LogP contribution in [-0.2, 0) is 6.54 Å². The van der Waals surface area contributed by atoms with E-state index < -0.39 is 0 Å². The van der Waals surface area contributed by atoms with E-state index in [1.54, 1.807) is 7.11 Å². The largest absolute Gasteiger partial charge is 0.497 e. The molecule has 1 aliphatic rings. The van der Waals surface area contributed by atoms with Crippen molar-refractivity contribution in [2.45, 2.75) is 18.9 Å². The number of rotatable bonds is 4. The van der Waals surface area contributed by atoms with Gasteiger partial charge in [0, 0.05) is 35.2 Å². The minimum Gasteiger partial charge on any atom is -0.497 e. The van der Waals surface area contributed by atoms with Gasteiger partial charge in [0.05, 0.1) is 7.11 Å². The second kappa shape index (κ2) is 6.50. The van der Waals surface area contributed by atoms with Crippen molar-refractivity contribution in [1.82, 2.24) is 9.88 Å². The van der Waals surface area contributed by atoms with E-state index in [1.807, 2.05) is 18.2 Å². The Morgan fingerprint density at radius 1 is 1.25 bits per heavy atom. The summed E-state index contributed by atoms with van der Waals surface area (Å²) in [5.74, 6) is 1.46. The summed E-state index contributed by atoms with van der Waals surface area (Å²) in [7, 11) is 1.72. The smallest absolute Gasteiger partial charge is 0.119 e. The summed E-state index contributed by atoms with van der Waals surface area (Å²) < 4.78 is 5.38. The Bertz CT molecular complexity index is 858. The van der Waals surface area contributed by atoms with Gasteiger partial charge in [0.1, 0.15) is 5.75 Å². The van der Waals surface area contributed by atoms with Crippen LogP contribution >= 0.6 is 11.6 Å². The Morgan fingerprint density at radius 3 is 2.96 bits per heavy atom. The van der Waals surface area contributed by atoms with E-state index in [9.17, 15) is 0 Å². The van der Waals surface area contributed by atoms with Gasteiger partial charge >= 0.3 is 0 Å². The first-order valence-corrected chi connectivity index (χ1v) is 8.73. The van der Waals surface area contributed by atoms with Crippen LogP contribution in [0.15, 0.2) is 48.7 Å². The maximum Gasteiger partial charge on any atom is 0.119 e. The molecule has 124 valence electrons. The molecule has 2 heterocycles. The number of methoxy groups -OCH3 is 1. The van der Waals surface area contributed by atoms with Gasteiger partial charge in [0.2, 0.25) is 0 Å². The number of hydrogen-bond donors (Lipinski definition) is 1. The van der Waals surface area contributed by atoms with Crippen molar-refractivity contribution in [3.63, 3.8) is 0 Å². The lowest BCUT2D eigenvalue weighted by Crippen LogP contribution is -2.19. The van der Waals surface area contributed by atoms with Gasteiger partial charge in [-0.1, -0.05) is 29.8 Å². The molecular formula is C20H21ClN2O. The van der Waals surface area contributed by atoms with Gasteiger partial charge in [0.15, 0.2) is 0 Å². The Balaban J connectivity index is 1.54. The Morgan fingerprint density at radius 2 is 2.12 bits per heavy atom. The molecule has 4 heteroatoms. The number of benzene rings is 2. The van der Waals surface area contributed by atoms with Gasteiger partial charge in [-0.25, -0.2) is 0 Å². The molecule has 1 aromatic heterocycles. The monoisotopic (exact) mass is 340 g/mol. The predicted octanol–water partition coefficient (Wildman–Crippen LogP) is 4.82. The first kappa shape index (κ1) is 15.6. The van der Waals surface area contributed by atoms with Crippen LogP contribution < -0.4 is 4.74 Å². The van der Waals surface area contributed by atoms with Crippen molar-refractivity contribution in [2.24, 2.45) is 0 Å². The molecule has 0 radical (unpaired) electrons. The van der Waals surface area contributed by atoms with E-state index in [-0.39, 0.29) is 0 Å². The minimum absolute atomic E-state index is 0.549. The van der Waals surface area contributed by atoms with Crippen molar-refractivity contribution in [2.75, 3.05) is 20.2 Å². The number of fused-ring (bicyclic) bond motifs is 1. The highest BCUT2D eigenvalue weighted by atomic mass is 35.5. The highest BCUT2D eigenvalue weighted by molar-refractivity contribution is 6.31. The molecule has 0 spiro atoms. The fraction of sp³-hybridized carbons (Fsp3) is 0.300. The third-order valence-corrected chi connectivity index (χ3v) is 5.35. The summed E-state index contributed by atoms with van der Waals surface area (Å²) in [5.41, 5.74) is 3.78. The average molecular weight is 341 g/mol. The van der Waals surface area contributed by atoms with Gasteiger partial charge in [-0.2, -0.15) is 0 Å². The van der Waals surface area contributed by atoms with Crippen LogP contribution in [0.4, 0.5) is 0 Å². The van der Waals surface area contributed by atoms with Crippen LogP contribution in [0.2, 0.25) is 5.02 Å². The Kier molecular flexibility index (Phi) is 4.21. The SMILES string of the molecule is COc1ccc2[nH]cc([C@H]3CCN(Cc4ccccc4Cl)C3)c2c1. The summed E-state index contributed by atoms with van der Waals surface area (Å²) >= 11 is 6.30. The van der Waals surface area contributed by atoms with E-state index in [2.05, 4.69) is 40.3 Å². The van der Waals surface area contributed by atoms with Gasteiger partial charge in [0.25, 0.3) is 0 Å². The van der Waals surface area contributed by atoms with Gasteiger partial charge in [-0.15, -0.1) is 0 Å². The second-order valence-corrected chi connectivity index (χ2v) is 6.87. The van der Waals surface area contributed by atoms with Crippen molar-refractivity contribution in [3.05, 3.63) is 64.8 Å². The third-order valence-electron chi connectivity index (χ3n) is 4.98. The van der Waals surface area contributed by atoms with E-state index >= 15 is 0 Å². The molecule has 1 fully saturated rings. The molecule has 0 aliphatic carbocycles. The van der Waals surface area contributed by atoms with Crippen molar-refractivity contribution in [1.29, 1.82) is 0 Å². The normalized spacial score (nSPS) is 18.3. The first-order chi connectivity index (χ1) is 11.7. The highest BCUT2D eigenvalue weighted by Crippen LogP contribution is 2.34. The number of hydrogen-bond acceptors (Lipinski definition) is 2. The number of H-pyrrole nitrogens is 1. The van der Waals surface area contributed by atoms with Crippen LogP contribution in [0.1, 0.15) is 23.5 Å². The topological polar surface area (TPSA) is 28.3 Å². The molecule has 0 unspecified atom stereocenters. The van der Waals surface area contributed by atoms with Crippen LogP contribution in [0.5, 0.6) is 5.75 Å². The maximum atomic E-state index is 6.30. The molecule has 0 amide bonds. The van der Waals surface area contributed by atoms with Crippen LogP contribution in [-0.4, -0.2) is 30.1 Å². The molecule has 4 rings (SSSR count). The molecule has 3 aromatic rings. The Hall–Kier alpha value is -1.97. The molecule has 1 aliphatic heterocycles. The summed E-state index contributed by atoms with van der Waals surface area (Å²) in [6.45, 7) is 3.09. The molecule has 1 atom stereocenters. The number of likely N-dealkylation sites (tertiary alicyclic amines) is 1. The number of aromatic nitrogens is 1. The van der Waals surface area contributed by atoms with Gasteiger partial charge < -0.3 is 9.72 Å². The third kappa shape index (κ3) is 2.90. The molecule has 2 aromatic carbocycles. The molecule has 0 bridgehead atoms. The van der Waals surface area contributed by atoms with Gasteiger partial charge in [-0.3, -0.25) is 4.90 Å². The minimum atomic E-state index is 0.549. The Labute approximate surface area is 147 Å². The lowest BCUT2D eigenvalue weighted by atomic mass is 9.98. The summed E-state index contributed by atoms with van der Waals surface area (Å²) in [6, 6.07) is 14.4. The zero-order valence-electron chi connectivity index (χ0n) is 13.8. The molecule has 24 heavy (non-hydrogen) atoms. The van der Waals surface area contributed by atoms with Crippen LogP contribution in [0, 0.1) is 0 Å². The van der Waals surface area contributed by atoms with E-state index in [4.69, 9.17) is 16.3 Å². The number of aromatic amines is 1. The molecule has 1 N–H and O–H groups in total. The summed E-state index contributed by atoms with van der Waals surface area (Å²) in [4.78, 5) is 5.89. The molecule has 0 saturated carbocycles. The number of nitrogens with zero attached hydrogens (tertiary/aromatic N) is 1. The molecular weight excluding hydrogens is 320 g/mol. The zero-order chi connectivity index (χ0) is 16.5. The highest BCUT2D eigenvalue weighted by Gasteiger charge is 2.26. The van der Waals surface area contributed by atoms with Crippen molar-refractivity contribution < 1.29 is 4.74 Å². The molecule has 1 saturated heterocycles. The number of ether oxygens (including phenoxy) is 1. The average Bonchev–Trinajstić information content (AvgIpc) is 3.22. The first-order valence-electron chi connectivity index (χ1n) is 8.35. The maximum absolute atomic E-state index is 6.30. The molecule has 3 nitrogen and oxygen atoms in total. The number of halogens is 1. The number of nitrogens with one attached hydrogen (secondary N) is 1. The second-order valence-electron chi connectivity index (χ2n) is 6.47. The predicted molar refractivity (Wildman–Crippen MR) is 98.9 cm³/mol. The zero-order valence-corrected chi connectivity index (χ0v) is 14.5. The van der Waals surface area contributed by atoms with E-state index in [0.717, 1.165) is 30.4 Å². The van der Waals surface area contributed by atoms with Crippen LogP contribution in [0.3, 0.4) is 0 Å². The van der Waals surface area contributed by atoms with Gasteiger partial charge in [-0.05, 0) is 54.3 Å². The standard InChI is InChI=1S/C20H21ClN2O/c1-24-16-6-7-20-17(10-16)18(11-22-20)14-8-9-23(12-14)13-15-4-2-3-5-19(15)21/h2-7,10-11,14,22H,8-9,12-13H2,1H3/t14-/m0/s1. The summed E-state index contributed by atoms with van der Waals surface area (Å²) in [5, 5.41) is 2.14. The fourth-order valence-corrected chi connectivity index (χ4v) is 3.88. The lowest BCUT2D eigenvalue weighted by Gasteiger charge is -2.17. The van der Waals surface area contributed by atoms with Crippen LogP contribution in [0.25, 0.3) is 10.9 Å². The lowest BCUT2D eigenvalue weighted by molar-refractivity contribution is 0.327.